The van der Waals surface area contributed by atoms with Crippen molar-refractivity contribution in [2.24, 2.45) is 0 Å². The number of amides is 2. The standard InChI is InChI=1S/C21H24N2O3/c1-21(2,15-14-16-8-4-3-5-9-16)26-20(25)22-23-18-11-7-6-10-17(18)12-13-19(23)24/h3-11H,12-15H2,1-2H3,(H,22,25). The number of hydrogen-bond acceptors (Lipinski definition) is 3. The van der Waals surface area contributed by atoms with Gasteiger partial charge in [-0.3, -0.25) is 4.79 Å². The molecule has 3 rings (SSSR count). The molecule has 5 nitrogen and oxygen atoms in total. The number of nitrogens with zero attached hydrogens (tertiary/aromatic N) is 1. The van der Waals surface area contributed by atoms with Gasteiger partial charge in [-0.25, -0.2) is 15.2 Å². The Kier molecular flexibility index (Phi) is 5.26. The van der Waals surface area contributed by atoms with E-state index in [-0.39, 0.29) is 5.91 Å². The molecule has 1 heterocycles. The number of hydrazine groups is 1. The summed E-state index contributed by atoms with van der Waals surface area (Å²) in [6, 6.07) is 17.6. The van der Waals surface area contributed by atoms with Crippen LogP contribution in [0.25, 0.3) is 0 Å². The Hall–Kier alpha value is -2.82. The molecule has 2 aromatic rings. The lowest BCUT2D eigenvalue weighted by Gasteiger charge is -2.31. The van der Waals surface area contributed by atoms with Crippen molar-refractivity contribution in [1.29, 1.82) is 0 Å². The van der Waals surface area contributed by atoms with Gasteiger partial charge in [-0.05, 0) is 50.3 Å². The van der Waals surface area contributed by atoms with Crippen LogP contribution in [0.3, 0.4) is 0 Å². The van der Waals surface area contributed by atoms with Crippen LogP contribution in [0.5, 0.6) is 0 Å². The van der Waals surface area contributed by atoms with Crippen molar-refractivity contribution < 1.29 is 14.3 Å². The summed E-state index contributed by atoms with van der Waals surface area (Å²) in [4.78, 5) is 24.6. The maximum atomic E-state index is 12.4. The minimum atomic E-state index is -0.641. The fourth-order valence-corrected chi connectivity index (χ4v) is 3.06. The molecule has 0 radical (unpaired) electrons. The molecule has 0 unspecified atom stereocenters. The van der Waals surface area contributed by atoms with Crippen molar-refractivity contribution in [3.05, 3.63) is 65.7 Å². The average Bonchev–Trinajstić information content (AvgIpc) is 2.63. The van der Waals surface area contributed by atoms with Crippen molar-refractivity contribution >= 4 is 17.7 Å². The topological polar surface area (TPSA) is 58.6 Å². The zero-order valence-electron chi connectivity index (χ0n) is 15.2. The molecule has 136 valence electrons. The van der Waals surface area contributed by atoms with Crippen LogP contribution in [0.15, 0.2) is 54.6 Å². The van der Waals surface area contributed by atoms with Crippen LogP contribution in [0, 0.1) is 0 Å². The summed E-state index contributed by atoms with van der Waals surface area (Å²) < 4.78 is 5.58. The van der Waals surface area contributed by atoms with Crippen LogP contribution in [0.4, 0.5) is 10.5 Å². The van der Waals surface area contributed by atoms with E-state index in [2.05, 4.69) is 17.6 Å². The summed E-state index contributed by atoms with van der Waals surface area (Å²) >= 11 is 0. The van der Waals surface area contributed by atoms with Crippen molar-refractivity contribution in [1.82, 2.24) is 5.43 Å². The van der Waals surface area contributed by atoms with Gasteiger partial charge in [-0.2, -0.15) is 0 Å². The lowest BCUT2D eigenvalue weighted by molar-refractivity contribution is -0.119. The Morgan fingerprint density at radius 3 is 2.54 bits per heavy atom. The van der Waals surface area contributed by atoms with Gasteiger partial charge < -0.3 is 4.74 Å². The minimum absolute atomic E-state index is 0.136. The van der Waals surface area contributed by atoms with Crippen LogP contribution < -0.4 is 10.4 Å². The maximum absolute atomic E-state index is 12.4. The zero-order chi connectivity index (χ0) is 18.6. The van der Waals surface area contributed by atoms with E-state index in [1.54, 1.807) is 0 Å². The molecule has 0 spiro atoms. The number of nitrogens with one attached hydrogen (secondary N) is 1. The van der Waals surface area contributed by atoms with Crippen LogP contribution in [-0.4, -0.2) is 17.6 Å². The maximum Gasteiger partial charge on any atom is 0.427 e. The first-order valence-corrected chi connectivity index (χ1v) is 8.89. The highest BCUT2D eigenvalue weighted by molar-refractivity contribution is 5.98. The van der Waals surface area contributed by atoms with E-state index in [9.17, 15) is 9.59 Å². The van der Waals surface area contributed by atoms with Crippen molar-refractivity contribution in [3.8, 4) is 0 Å². The number of fused-ring (bicyclic) bond motifs is 1. The third-order valence-corrected chi connectivity index (χ3v) is 4.52. The number of para-hydroxylation sites is 1. The first kappa shape index (κ1) is 18.0. The average molecular weight is 352 g/mol. The van der Waals surface area contributed by atoms with Crippen molar-refractivity contribution in [2.75, 3.05) is 5.01 Å². The molecule has 1 aliphatic rings. The quantitative estimate of drug-likeness (QED) is 0.884. The number of hydrogen-bond donors (Lipinski definition) is 1. The molecule has 5 heteroatoms. The number of rotatable bonds is 5. The van der Waals surface area contributed by atoms with Gasteiger partial charge >= 0.3 is 6.09 Å². The first-order chi connectivity index (χ1) is 12.4. The highest BCUT2D eigenvalue weighted by Gasteiger charge is 2.28. The van der Waals surface area contributed by atoms with Gasteiger partial charge in [0.1, 0.15) is 5.60 Å². The molecule has 0 atom stereocenters. The molecule has 0 fully saturated rings. The normalized spacial score (nSPS) is 13.9. The van der Waals surface area contributed by atoms with Gasteiger partial charge in [0.15, 0.2) is 0 Å². The van der Waals surface area contributed by atoms with Gasteiger partial charge in [0, 0.05) is 6.42 Å². The second kappa shape index (κ2) is 7.60. The largest absolute Gasteiger partial charge is 0.442 e. The number of ether oxygens (including phenoxy) is 1. The summed E-state index contributed by atoms with van der Waals surface area (Å²) in [6.07, 6.45) is 1.94. The Morgan fingerprint density at radius 1 is 1.08 bits per heavy atom. The third kappa shape index (κ3) is 4.42. The molecular formula is C21H24N2O3. The molecule has 1 aliphatic heterocycles. The molecule has 0 aliphatic carbocycles. The Morgan fingerprint density at radius 2 is 1.77 bits per heavy atom. The monoisotopic (exact) mass is 352 g/mol. The second-order valence-corrected chi connectivity index (χ2v) is 7.10. The molecular weight excluding hydrogens is 328 g/mol. The van der Waals surface area contributed by atoms with Crippen LogP contribution in [0.1, 0.15) is 37.8 Å². The number of anilines is 1. The van der Waals surface area contributed by atoms with Gasteiger partial charge in [0.25, 0.3) is 0 Å². The Bertz CT molecular complexity index is 787. The smallest absolute Gasteiger partial charge is 0.427 e. The summed E-state index contributed by atoms with van der Waals surface area (Å²) in [6.45, 7) is 3.75. The van der Waals surface area contributed by atoms with E-state index in [0.29, 0.717) is 24.9 Å². The summed E-state index contributed by atoms with van der Waals surface area (Å²) in [5.41, 5.74) is 4.91. The van der Waals surface area contributed by atoms with Crippen molar-refractivity contribution in [3.63, 3.8) is 0 Å². The van der Waals surface area contributed by atoms with Crippen LogP contribution in [-0.2, 0) is 22.4 Å². The summed E-state index contributed by atoms with van der Waals surface area (Å²) in [5, 5.41) is 1.30. The lowest BCUT2D eigenvalue weighted by Crippen LogP contribution is -2.50. The van der Waals surface area contributed by atoms with Crippen LogP contribution in [0.2, 0.25) is 0 Å². The van der Waals surface area contributed by atoms with Gasteiger partial charge in [-0.1, -0.05) is 48.5 Å². The summed E-state index contributed by atoms with van der Waals surface area (Å²) in [7, 11) is 0. The highest BCUT2D eigenvalue weighted by Crippen LogP contribution is 2.26. The lowest BCUT2D eigenvalue weighted by atomic mass is 9.99. The third-order valence-electron chi connectivity index (χ3n) is 4.52. The molecule has 2 amide bonds. The van der Waals surface area contributed by atoms with E-state index in [1.807, 2.05) is 56.3 Å². The van der Waals surface area contributed by atoms with Crippen LogP contribution >= 0.6 is 0 Å². The predicted octanol–water partition coefficient (Wildman–Crippen LogP) is 4.02. The fraction of sp³-hybridized carbons (Fsp3) is 0.333. The molecule has 0 saturated heterocycles. The fourth-order valence-electron chi connectivity index (χ4n) is 3.06. The van der Waals surface area contributed by atoms with E-state index in [0.717, 1.165) is 12.0 Å². The van der Waals surface area contributed by atoms with E-state index >= 15 is 0 Å². The first-order valence-electron chi connectivity index (χ1n) is 8.89. The molecule has 26 heavy (non-hydrogen) atoms. The van der Waals surface area contributed by atoms with E-state index < -0.39 is 11.7 Å². The number of aryl methyl sites for hydroxylation is 2. The molecule has 2 aromatic carbocycles. The van der Waals surface area contributed by atoms with E-state index in [1.165, 1.54) is 10.6 Å². The van der Waals surface area contributed by atoms with Gasteiger partial charge in [-0.15, -0.1) is 0 Å². The SMILES string of the molecule is CC(C)(CCc1ccccc1)OC(=O)NN1C(=O)CCc2ccccc21. The van der Waals surface area contributed by atoms with Gasteiger partial charge in [0.05, 0.1) is 5.69 Å². The molecule has 0 aromatic heterocycles. The molecule has 0 saturated carbocycles. The highest BCUT2D eigenvalue weighted by atomic mass is 16.6. The molecule has 1 N–H and O–H groups in total. The minimum Gasteiger partial charge on any atom is -0.442 e. The Balaban J connectivity index is 1.60. The molecule has 0 bridgehead atoms. The summed E-state index contributed by atoms with van der Waals surface area (Å²) in [5.74, 6) is -0.136. The van der Waals surface area contributed by atoms with E-state index in [4.69, 9.17) is 4.74 Å². The van der Waals surface area contributed by atoms with Crippen molar-refractivity contribution in [2.45, 2.75) is 45.1 Å². The Labute approximate surface area is 153 Å². The number of benzene rings is 2. The predicted molar refractivity (Wildman–Crippen MR) is 101 cm³/mol. The van der Waals surface area contributed by atoms with Gasteiger partial charge in [0.2, 0.25) is 5.91 Å². The number of carbonyl (C=O) groups excluding carboxylic acids is 2. The second-order valence-electron chi connectivity index (χ2n) is 7.10. The number of carbonyl (C=O) groups is 2. The zero-order valence-corrected chi connectivity index (χ0v) is 15.2.